The van der Waals surface area contributed by atoms with Gasteiger partial charge >= 0.3 is 0 Å². The van der Waals surface area contributed by atoms with Gasteiger partial charge in [0, 0.05) is 31.2 Å². The summed E-state index contributed by atoms with van der Waals surface area (Å²) in [5, 5.41) is 4.17. The van der Waals surface area contributed by atoms with E-state index in [1.165, 1.54) is 5.56 Å². The maximum atomic E-state index is 6.10. The first kappa shape index (κ1) is 15.5. The van der Waals surface area contributed by atoms with E-state index in [1.54, 1.807) is 7.11 Å². The van der Waals surface area contributed by atoms with Crippen LogP contribution in [-0.4, -0.2) is 21.2 Å². The van der Waals surface area contributed by atoms with Gasteiger partial charge in [0.25, 0.3) is 0 Å². The minimum atomic E-state index is 0.687. The highest BCUT2D eigenvalue weighted by atomic mass is 35.5. The number of hydrogen-bond donors (Lipinski definition) is 1. The van der Waals surface area contributed by atoms with Gasteiger partial charge in [-0.1, -0.05) is 29.3 Å². The molecule has 112 valence electrons. The maximum absolute atomic E-state index is 6.10. The standard InChI is InChI=1S/C17H21ClN2O/c1-12-5-8-17(21-4)13(9-12)11-19-15-10-14(18)6-7-16(15)20(2)3/h5-10,19H,11H2,1-4H3. The Morgan fingerprint density at radius 2 is 1.90 bits per heavy atom. The van der Waals surface area contributed by atoms with Crippen molar-refractivity contribution in [1.29, 1.82) is 0 Å². The van der Waals surface area contributed by atoms with Crippen molar-refractivity contribution in [1.82, 2.24) is 0 Å². The molecular weight excluding hydrogens is 284 g/mol. The zero-order chi connectivity index (χ0) is 15.4. The van der Waals surface area contributed by atoms with Crippen molar-refractivity contribution in [2.45, 2.75) is 13.5 Å². The summed E-state index contributed by atoms with van der Waals surface area (Å²) in [5.41, 5.74) is 4.45. The van der Waals surface area contributed by atoms with Crippen molar-refractivity contribution in [3.63, 3.8) is 0 Å². The van der Waals surface area contributed by atoms with E-state index in [9.17, 15) is 0 Å². The van der Waals surface area contributed by atoms with Crippen LogP contribution in [0.4, 0.5) is 11.4 Å². The molecule has 0 bridgehead atoms. The van der Waals surface area contributed by atoms with E-state index < -0.39 is 0 Å². The van der Waals surface area contributed by atoms with Crippen molar-refractivity contribution >= 4 is 23.0 Å². The quantitative estimate of drug-likeness (QED) is 0.889. The highest BCUT2D eigenvalue weighted by Gasteiger charge is 2.08. The number of halogens is 1. The smallest absolute Gasteiger partial charge is 0.123 e. The predicted octanol–water partition coefficient (Wildman–Crippen LogP) is 4.34. The molecule has 0 aliphatic rings. The number of benzene rings is 2. The third kappa shape index (κ3) is 3.82. The molecule has 0 atom stereocenters. The molecule has 0 spiro atoms. The Morgan fingerprint density at radius 1 is 1.14 bits per heavy atom. The first-order valence-electron chi connectivity index (χ1n) is 6.85. The normalized spacial score (nSPS) is 10.3. The number of nitrogens with one attached hydrogen (secondary N) is 1. The van der Waals surface area contributed by atoms with E-state index in [4.69, 9.17) is 16.3 Å². The minimum Gasteiger partial charge on any atom is -0.496 e. The fourth-order valence-corrected chi connectivity index (χ4v) is 2.45. The molecule has 0 aliphatic heterocycles. The van der Waals surface area contributed by atoms with Gasteiger partial charge in [-0.2, -0.15) is 0 Å². The summed E-state index contributed by atoms with van der Waals surface area (Å²) in [6, 6.07) is 12.0. The maximum Gasteiger partial charge on any atom is 0.123 e. The number of nitrogens with zero attached hydrogens (tertiary/aromatic N) is 1. The Balaban J connectivity index is 2.24. The second kappa shape index (κ2) is 6.72. The van der Waals surface area contributed by atoms with Gasteiger partial charge in [-0.3, -0.25) is 0 Å². The highest BCUT2D eigenvalue weighted by Crippen LogP contribution is 2.29. The molecule has 4 heteroatoms. The zero-order valence-electron chi connectivity index (χ0n) is 12.9. The van der Waals surface area contributed by atoms with Gasteiger partial charge in [0.05, 0.1) is 18.5 Å². The molecule has 0 amide bonds. The van der Waals surface area contributed by atoms with Gasteiger partial charge in [0.1, 0.15) is 5.75 Å². The van der Waals surface area contributed by atoms with Crippen LogP contribution in [-0.2, 0) is 6.54 Å². The molecule has 0 radical (unpaired) electrons. The van der Waals surface area contributed by atoms with Gasteiger partial charge in [-0.15, -0.1) is 0 Å². The molecule has 0 aromatic heterocycles. The third-order valence-corrected chi connectivity index (χ3v) is 3.58. The zero-order valence-corrected chi connectivity index (χ0v) is 13.7. The molecular formula is C17H21ClN2O. The van der Waals surface area contributed by atoms with Crippen LogP contribution in [0.3, 0.4) is 0 Å². The van der Waals surface area contributed by atoms with Crippen molar-refractivity contribution < 1.29 is 4.74 Å². The minimum absolute atomic E-state index is 0.687. The number of hydrogen-bond acceptors (Lipinski definition) is 3. The van der Waals surface area contributed by atoms with Gasteiger partial charge in [-0.05, 0) is 31.2 Å². The monoisotopic (exact) mass is 304 g/mol. The van der Waals surface area contributed by atoms with Crippen LogP contribution in [0.2, 0.25) is 5.02 Å². The molecule has 0 saturated carbocycles. The lowest BCUT2D eigenvalue weighted by molar-refractivity contribution is 0.410. The molecule has 2 aromatic rings. The van der Waals surface area contributed by atoms with Crippen LogP contribution < -0.4 is 15.0 Å². The molecule has 0 fully saturated rings. The van der Waals surface area contributed by atoms with Gasteiger partial charge in [0.15, 0.2) is 0 Å². The van der Waals surface area contributed by atoms with Crippen molar-refractivity contribution in [3.8, 4) is 5.75 Å². The van der Waals surface area contributed by atoms with E-state index >= 15 is 0 Å². The summed E-state index contributed by atoms with van der Waals surface area (Å²) in [4.78, 5) is 2.06. The van der Waals surface area contributed by atoms with Crippen LogP contribution in [0.1, 0.15) is 11.1 Å². The molecule has 3 nitrogen and oxygen atoms in total. The molecule has 2 rings (SSSR count). The fraction of sp³-hybridized carbons (Fsp3) is 0.294. The molecule has 2 aromatic carbocycles. The Kier molecular flexibility index (Phi) is 4.97. The van der Waals surface area contributed by atoms with Crippen LogP contribution in [0.15, 0.2) is 36.4 Å². The molecule has 21 heavy (non-hydrogen) atoms. The Morgan fingerprint density at radius 3 is 2.57 bits per heavy atom. The Labute approximate surface area is 131 Å². The summed E-state index contributed by atoms with van der Waals surface area (Å²) >= 11 is 6.10. The first-order chi connectivity index (χ1) is 10.0. The number of anilines is 2. The van der Waals surface area contributed by atoms with Crippen LogP contribution >= 0.6 is 11.6 Å². The number of ether oxygens (including phenoxy) is 1. The summed E-state index contributed by atoms with van der Waals surface area (Å²) < 4.78 is 5.41. The van der Waals surface area contributed by atoms with Crippen molar-refractivity contribution in [2.75, 3.05) is 31.4 Å². The Bertz CT molecular complexity index is 626. The van der Waals surface area contributed by atoms with Crippen LogP contribution in [0, 0.1) is 6.92 Å². The van der Waals surface area contributed by atoms with Crippen molar-refractivity contribution in [2.24, 2.45) is 0 Å². The van der Waals surface area contributed by atoms with Gasteiger partial charge in [0.2, 0.25) is 0 Å². The third-order valence-electron chi connectivity index (χ3n) is 3.35. The van der Waals surface area contributed by atoms with E-state index in [-0.39, 0.29) is 0 Å². The summed E-state index contributed by atoms with van der Waals surface area (Å²) in [6.45, 7) is 2.76. The van der Waals surface area contributed by atoms with Gasteiger partial charge in [-0.25, -0.2) is 0 Å². The topological polar surface area (TPSA) is 24.5 Å². The second-order valence-electron chi connectivity index (χ2n) is 5.22. The SMILES string of the molecule is COc1ccc(C)cc1CNc1cc(Cl)ccc1N(C)C. The number of rotatable bonds is 5. The lowest BCUT2D eigenvalue weighted by Crippen LogP contribution is -2.12. The first-order valence-corrected chi connectivity index (χ1v) is 7.23. The molecule has 0 heterocycles. The lowest BCUT2D eigenvalue weighted by Gasteiger charge is -2.19. The van der Waals surface area contributed by atoms with Crippen LogP contribution in [0.25, 0.3) is 0 Å². The lowest BCUT2D eigenvalue weighted by atomic mass is 10.1. The van der Waals surface area contributed by atoms with Crippen molar-refractivity contribution in [3.05, 3.63) is 52.5 Å². The summed E-state index contributed by atoms with van der Waals surface area (Å²) in [7, 11) is 5.72. The van der Waals surface area contributed by atoms with E-state index in [2.05, 4.69) is 23.2 Å². The summed E-state index contributed by atoms with van der Waals surface area (Å²) in [5.74, 6) is 0.890. The largest absolute Gasteiger partial charge is 0.496 e. The molecule has 0 unspecified atom stereocenters. The highest BCUT2D eigenvalue weighted by molar-refractivity contribution is 6.31. The van der Waals surface area contributed by atoms with E-state index in [1.807, 2.05) is 44.4 Å². The second-order valence-corrected chi connectivity index (χ2v) is 5.66. The average molecular weight is 305 g/mol. The molecule has 0 saturated heterocycles. The molecule has 0 aliphatic carbocycles. The average Bonchev–Trinajstić information content (AvgIpc) is 2.45. The number of aryl methyl sites for hydroxylation is 1. The van der Waals surface area contributed by atoms with Crippen LogP contribution in [0.5, 0.6) is 5.75 Å². The number of methoxy groups -OCH3 is 1. The fourth-order valence-electron chi connectivity index (χ4n) is 2.28. The van der Waals surface area contributed by atoms with Gasteiger partial charge < -0.3 is 15.0 Å². The van der Waals surface area contributed by atoms with E-state index in [0.717, 1.165) is 27.7 Å². The molecule has 1 N–H and O–H groups in total. The van der Waals surface area contributed by atoms with E-state index in [0.29, 0.717) is 6.54 Å². The summed E-state index contributed by atoms with van der Waals surface area (Å²) in [6.07, 6.45) is 0. The Hall–Kier alpha value is -1.87. The predicted molar refractivity (Wildman–Crippen MR) is 90.8 cm³/mol.